The van der Waals surface area contributed by atoms with Gasteiger partial charge in [0.1, 0.15) is 0 Å². The van der Waals surface area contributed by atoms with E-state index in [-0.39, 0.29) is 0 Å². The Morgan fingerprint density at radius 1 is 1.07 bits per heavy atom. The van der Waals surface area contributed by atoms with Crippen LogP contribution in [0.2, 0.25) is 0 Å². The van der Waals surface area contributed by atoms with Crippen LogP contribution in [0.15, 0.2) is 12.0 Å². The van der Waals surface area contributed by atoms with Crippen molar-refractivity contribution in [3.05, 3.63) is 12.0 Å². The molecule has 0 aliphatic heterocycles. The van der Waals surface area contributed by atoms with Gasteiger partial charge in [0.15, 0.2) is 0 Å². The fourth-order valence-electron chi connectivity index (χ4n) is 1.09. The Hall–Kier alpha value is -0.310. The van der Waals surface area contributed by atoms with Crippen LogP contribution in [0, 0.1) is 0 Å². The van der Waals surface area contributed by atoms with Crippen LogP contribution in [-0.2, 0) is 13.6 Å². The van der Waals surface area contributed by atoms with Crippen LogP contribution >= 0.6 is 7.60 Å². The maximum atomic E-state index is 12.0. The first-order chi connectivity index (χ1) is 7.11. The maximum Gasteiger partial charge on any atom is 0.355 e. The molecule has 15 heavy (non-hydrogen) atoms. The van der Waals surface area contributed by atoms with E-state index in [9.17, 15) is 4.57 Å². The maximum absolute atomic E-state index is 12.0. The van der Waals surface area contributed by atoms with E-state index in [1.165, 1.54) is 5.82 Å². The zero-order chi connectivity index (χ0) is 11.7. The van der Waals surface area contributed by atoms with E-state index in [1.807, 2.05) is 18.7 Å². The molecule has 0 saturated carbocycles. The third kappa shape index (κ3) is 5.98. The molecule has 5 heteroatoms. The van der Waals surface area contributed by atoms with Crippen molar-refractivity contribution in [2.24, 2.45) is 0 Å². The molecule has 0 N–H and O–H groups in total. The summed E-state index contributed by atoms with van der Waals surface area (Å²) in [7, 11) is -3.02. The third-order valence-electron chi connectivity index (χ3n) is 1.89. The summed E-state index contributed by atoms with van der Waals surface area (Å²) in [6.45, 7) is 10.2. The van der Waals surface area contributed by atoms with Crippen molar-refractivity contribution < 1.29 is 13.6 Å². The van der Waals surface area contributed by atoms with Crippen LogP contribution in [0.1, 0.15) is 27.7 Å². The highest BCUT2D eigenvalue weighted by molar-refractivity contribution is 7.57. The molecule has 90 valence electrons. The van der Waals surface area contributed by atoms with Crippen LogP contribution in [0.5, 0.6) is 0 Å². The average molecular weight is 235 g/mol. The summed E-state index contributed by atoms with van der Waals surface area (Å²) in [5.41, 5.74) is 0. The summed E-state index contributed by atoms with van der Waals surface area (Å²) < 4.78 is 22.2. The molecule has 0 atom stereocenters. The molecule has 0 aliphatic rings. The Balaban J connectivity index is 4.44. The zero-order valence-corrected chi connectivity index (χ0v) is 11.0. The highest BCUT2D eigenvalue weighted by Gasteiger charge is 2.18. The van der Waals surface area contributed by atoms with Gasteiger partial charge in [0.05, 0.1) is 13.2 Å². The van der Waals surface area contributed by atoms with E-state index in [4.69, 9.17) is 9.05 Å². The molecule has 0 fully saturated rings. The van der Waals surface area contributed by atoms with E-state index >= 15 is 0 Å². The smallest absolute Gasteiger partial charge is 0.355 e. The first kappa shape index (κ1) is 14.7. The number of nitrogens with zero attached hydrogens (tertiary/aromatic N) is 1. The van der Waals surface area contributed by atoms with Crippen LogP contribution in [0.25, 0.3) is 0 Å². The molecule has 0 bridgehead atoms. The average Bonchev–Trinajstić information content (AvgIpc) is 2.20. The molecule has 0 aromatic carbocycles. The third-order valence-corrected chi connectivity index (χ3v) is 3.63. The van der Waals surface area contributed by atoms with Gasteiger partial charge >= 0.3 is 7.60 Å². The zero-order valence-electron chi connectivity index (χ0n) is 10.1. The van der Waals surface area contributed by atoms with Gasteiger partial charge in [0, 0.05) is 25.1 Å². The van der Waals surface area contributed by atoms with E-state index in [0.717, 1.165) is 13.1 Å². The van der Waals surface area contributed by atoms with Crippen molar-refractivity contribution in [3.63, 3.8) is 0 Å². The van der Waals surface area contributed by atoms with E-state index in [1.54, 1.807) is 20.0 Å². The molecule has 0 aliphatic carbocycles. The van der Waals surface area contributed by atoms with Crippen molar-refractivity contribution >= 4 is 7.60 Å². The predicted molar refractivity (Wildman–Crippen MR) is 62.9 cm³/mol. The van der Waals surface area contributed by atoms with Crippen LogP contribution in [0.3, 0.4) is 0 Å². The van der Waals surface area contributed by atoms with Gasteiger partial charge in [-0.05, 0) is 27.7 Å². The monoisotopic (exact) mass is 235 g/mol. The molecule has 0 rings (SSSR count). The van der Waals surface area contributed by atoms with Gasteiger partial charge in [-0.15, -0.1) is 0 Å². The molecular weight excluding hydrogens is 213 g/mol. The number of hydrogen-bond acceptors (Lipinski definition) is 4. The normalized spacial score (nSPS) is 12.3. The Labute approximate surface area is 92.8 Å². The summed E-state index contributed by atoms with van der Waals surface area (Å²) in [5.74, 6) is 1.53. The first-order valence-electron chi connectivity index (χ1n) is 5.44. The van der Waals surface area contributed by atoms with Gasteiger partial charge in [-0.3, -0.25) is 4.57 Å². The van der Waals surface area contributed by atoms with Crippen molar-refractivity contribution in [1.29, 1.82) is 0 Å². The van der Waals surface area contributed by atoms with Gasteiger partial charge in [-0.2, -0.15) is 0 Å². The Morgan fingerprint density at radius 2 is 1.53 bits per heavy atom. The lowest BCUT2D eigenvalue weighted by molar-refractivity contribution is 0.228. The van der Waals surface area contributed by atoms with E-state index in [2.05, 4.69) is 0 Å². The summed E-state index contributed by atoms with van der Waals surface area (Å²) in [6, 6.07) is 0. The van der Waals surface area contributed by atoms with Crippen molar-refractivity contribution in [1.82, 2.24) is 4.90 Å². The SMILES string of the molecule is CCOP(=O)(/C=C/N(CC)CC)OCC. The predicted octanol–water partition coefficient (Wildman–Crippen LogP) is 3.07. The van der Waals surface area contributed by atoms with E-state index in [0.29, 0.717) is 13.2 Å². The summed E-state index contributed by atoms with van der Waals surface area (Å²) in [4.78, 5) is 2.03. The fraction of sp³-hybridized carbons (Fsp3) is 0.800. The standard InChI is InChI=1S/C10H22NO3P/c1-5-11(6-2)9-10-15(12,13-7-3)14-8-4/h9-10H,5-8H2,1-4H3/b10-9+. The highest BCUT2D eigenvalue weighted by atomic mass is 31.2. The van der Waals surface area contributed by atoms with Gasteiger partial charge in [0.25, 0.3) is 0 Å². The minimum absolute atomic E-state index is 0.389. The molecule has 0 amide bonds. The first-order valence-corrected chi connectivity index (χ1v) is 7.05. The number of rotatable bonds is 8. The molecular formula is C10H22NO3P. The van der Waals surface area contributed by atoms with Gasteiger partial charge in [0.2, 0.25) is 0 Å². The largest absolute Gasteiger partial charge is 0.378 e. The summed E-state index contributed by atoms with van der Waals surface area (Å²) in [5, 5.41) is 0. The minimum atomic E-state index is -3.02. The van der Waals surface area contributed by atoms with Crippen LogP contribution in [-0.4, -0.2) is 31.2 Å². The molecule has 0 unspecified atom stereocenters. The second-order valence-electron chi connectivity index (χ2n) is 2.89. The Kier molecular flexibility index (Phi) is 7.75. The van der Waals surface area contributed by atoms with Crippen LogP contribution < -0.4 is 0 Å². The highest BCUT2D eigenvalue weighted by Crippen LogP contribution is 2.49. The lowest BCUT2D eigenvalue weighted by Gasteiger charge is -2.17. The molecule has 0 radical (unpaired) electrons. The van der Waals surface area contributed by atoms with Crippen molar-refractivity contribution in [2.75, 3.05) is 26.3 Å². The van der Waals surface area contributed by atoms with Crippen molar-refractivity contribution in [3.8, 4) is 0 Å². The molecule has 0 aromatic heterocycles. The van der Waals surface area contributed by atoms with Gasteiger partial charge in [-0.1, -0.05) is 0 Å². The van der Waals surface area contributed by atoms with Gasteiger partial charge in [-0.25, -0.2) is 0 Å². The Morgan fingerprint density at radius 3 is 1.87 bits per heavy atom. The quantitative estimate of drug-likeness (QED) is 0.606. The number of hydrogen-bond donors (Lipinski definition) is 0. The minimum Gasteiger partial charge on any atom is -0.378 e. The topological polar surface area (TPSA) is 38.8 Å². The lowest BCUT2D eigenvalue weighted by atomic mass is 10.5. The molecule has 0 aromatic rings. The van der Waals surface area contributed by atoms with Crippen molar-refractivity contribution in [2.45, 2.75) is 27.7 Å². The molecule has 4 nitrogen and oxygen atoms in total. The molecule has 0 spiro atoms. The molecule has 0 saturated heterocycles. The second-order valence-corrected chi connectivity index (χ2v) is 4.79. The fourth-order valence-corrected chi connectivity index (χ4v) is 2.41. The van der Waals surface area contributed by atoms with Crippen LogP contribution in [0.4, 0.5) is 0 Å². The molecule has 0 heterocycles. The van der Waals surface area contributed by atoms with E-state index < -0.39 is 7.60 Å². The second kappa shape index (κ2) is 7.91. The van der Waals surface area contributed by atoms with Gasteiger partial charge < -0.3 is 13.9 Å². The lowest BCUT2D eigenvalue weighted by Crippen LogP contribution is -2.15. The summed E-state index contributed by atoms with van der Waals surface area (Å²) in [6.07, 6.45) is 1.78. The Bertz CT molecular complexity index is 217. The summed E-state index contributed by atoms with van der Waals surface area (Å²) >= 11 is 0.